The zero-order valence-corrected chi connectivity index (χ0v) is 22.8. The molecule has 0 saturated carbocycles. The monoisotopic (exact) mass is 566 g/mol. The number of nitrogens with zero attached hydrogens (tertiary/aromatic N) is 3. The molecule has 1 aromatic heterocycles. The van der Waals surface area contributed by atoms with Gasteiger partial charge in [0.1, 0.15) is 11.5 Å². The van der Waals surface area contributed by atoms with Crippen LogP contribution in [0.1, 0.15) is 53.7 Å². The molecule has 1 unspecified atom stereocenters. The second kappa shape index (κ2) is 11.6. The number of nitrogens with one attached hydrogen (secondary N) is 1. The number of allylic oxidation sites excluding steroid dienone is 3. The van der Waals surface area contributed by atoms with Crippen LogP contribution in [0.25, 0.3) is 10.4 Å². The minimum absolute atomic E-state index is 0.0558. The topological polar surface area (TPSA) is 57.6 Å². The molecule has 2 atom stereocenters. The van der Waals surface area contributed by atoms with Gasteiger partial charge in [0.05, 0.1) is 28.0 Å². The van der Waals surface area contributed by atoms with E-state index in [0.29, 0.717) is 22.7 Å². The summed E-state index contributed by atoms with van der Waals surface area (Å²) in [6.07, 6.45) is -0.0735. The number of hydrogen-bond donors (Lipinski definition) is 1. The summed E-state index contributed by atoms with van der Waals surface area (Å²) in [6.45, 7) is 4.64. The molecule has 2 aliphatic heterocycles. The first-order valence-corrected chi connectivity index (χ1v) is 13.6. The lowest BCUT2D eigenvalue weighted by Crippen LogP contribution is -2.58. The third-order valence-corrected chi connectivity index (χ3v) is 7.88. The van der Waals surface area contributed by atoms with Gasteiger partial charge in [0.15, 0.2) is 0 Å². The molecular formula is C28H31F5N4OS. The fourth-order valence-corrected chi connectivity index (χ4v) is 5.78. The standard InChI is InChI=1S/C28H31F5N4OS/c1-17-9-11-20(12-10-17)25-24(36-19(3)39-25)26(38)37-16-27(29,30)13-18(2)22(37)15-35-23-8-6-4-5-7-21(14-34-23)28(31,32)33/h7-12,14,18,22,35H,4-6,13,15-16H2,1-3H3/b21-7-,23-8?,34-14?/t18-,22?/m1/s1. The van der Waals surface area contributed by atoms with E-state index in [1.165, 1.54) is 11.3 Å². The van der Waals surface area contributed by atoms with Crippen molar-refractivity contribution in [1.82, 2.24) is 15.2 Å². The van der Waals surface area contributed by atoms with E-state index >= 15 is 0 Å². The number of halogens is 5. The van der Waals surface area contributed by atoms with Crippen molar-refractivity contribution in [1.29, 1.82) is 0 Å². The van der Waals surface area contributed by atoms with Crippen molar-refractivity contribution in [3.63, 3.8) is 0 Å². The van der Waals surface area contributed by atoms with Crippen molar-refractivity contribution in [3.8, 4) is 10.4 Å². The summed E-state index contributed by atoms with van der Waals surface area (Å²) in [4.78, 5) is 24.0. The quantitative estimate of drug-likeness (QED) is 0.393. The predicted molar refractivity (Wildman–Crippen MR) is 143 cm³/mol. The van der Waals surface area contributed by atoms with Crippen molar-refractivity contribution in [3.05, 3.63) is 64.1 Å². The van der Waals surface area contributed by atoms with Gasteiger partial charge in [0.2, 0.25) is 0 Å². The molecule has 1 amide bonds. The molecule has 1 fully saturated rings. The molecule has 4 rings (SSSR count). The summed E-state index contributed by atoms with van der Waals surface area (Å²) in [5.74, 6) is -4.04. The number of benzene rings is 1. The molecule has 0 bridgehead atoms. The Balaban J connectivity index is 1.60. The van der Waals surface area contributed by atoms with Gasteiger partial charge in [-0.05, 0) is 50.7 Å². The van der Waals surface area contributed by atoms with Gasteiger partial charge in [-0.2, -0.15) is 13.2 Å². The fourth-order valence-electron chi connectivity index (χ4n) is 4.86. The Kier molecular flexibility index (Phi) is 8.58. The van der Waals surface area contributed by atoms with E-state index < -0.39 is 48.5 Å². The normalized spacial score (nSPS) is 23.2. The zero-order chi connectivity index (χ0) is 28.4. The summed E-state index contributed by atoms with van der Waals surface area (Å²) in [5, 5.41) is 3.66. The molecule has 5 nitrogen and oxygen atoms in total. The maximum absolute atomic E-state index is 14.7. The molecule has 3 heterocycles. The van der Waals surface area contributed by atoms with E-state index in [4.69, 9.17) is 0 Å². The second-order valence-electron chi connectivity index (χ2n) is 10.1. The van der Waals surface area contributed by atoms with E-state index in [2.05, 4.69) is 15.3 Å². The Hall–Kier alpha value is -3.08. The summed E-state index contributed by atoms with van der Waals surface area (Å²) in [7, 11) is 0. The van der Waals surface area contributed by atoms with E-state index in [1.807, 2.05) is 31.2 Å². The number of amides is 1. The summed E-state index contributed by atoms with van der Waals surface area (Å²) < 4.78 is 69.3. The Bertz CT molecular complexity index is 1280. The highest BCUT2D eigenvalue weighted by Crippen LogP contribution is 2.37. The van der Waals surface area contributed by atoms with E-state index in [1.54, 1.807) is 19.9 Å². The van der Waals surface area contributed by atoms with Gasteiger partial charge in [0.25, 0.3) is 11.8 Å². The maximum Gasteiger partial charge on any atom is 0.417 e. The largest absolute Gasteiger partial charge is 0.417 e. The third-order valence-electron chi connectivity index (χ3n) is 6.86. The lowest BCUT2D eigenvalue weighted by Gasteiger charge is -2.43. The molecule has 0 aliphatic carbocycles. The first-order valence-electron chi connectivity index (χ1n) is 12.8. The molecule has 0 radical (unpaired) electrons. The van der Waals surface area contributed by atoms with E-state index in [-0.39, 0.29) is 24.5 Å². The van der Waals surface area contributed by atoms with Crippen LogP contribution in [0.15, 0.2) is 52.8 Å². The predicted octanol–water partition coefficient (Wildman–Crippen LogP) is 7.09. The van der Waals surface area contributed by atoms with Crippen LogP contribution in [0.3, 0.4) is 0 Å². The number of thiazole rings is 1. The first-order chi connectivity index (χ1) is 18.3. The number of alkyl halides is 5. The highest BCUT2D eigenvalue weighted by molar-refractivity contribution is 7.15. The zero-order valence-electron chi connectivity index (χ0n) is 22.0. The van der Waals surface area contributed by atoms with Gasteiger partial charge in [-0.1, -0.05) is 42.8 Å². The van der Waals surface area contributed by atoms with E-state index in [0.717, 1.165) is 28.3 Å². The van der Waals surface area contributed by atoms with Crippen LogP contribution in [0, 0.1) is 19.8 Å². The van der Waals surface area contributed by atoms with Crippen molar-refractivity contribution in [2.75, 3.05) is 13.1 Å². The number of aliphatic imine (C=N–C) groups is 1. The second-order valence-corrected chi connectivity index (χ2v) is 11.3. The summed E-state index contributed by atoms with van der Waals surface area (Å²) in [5.41, 5.74) is 1.11. The SMILES string of the molecule is Cc1ccc(-c2sc(C)nc2C(=O)N2CC(F)(F)C[C@@H](C)C2CNC2=CCCC/C=C(\C(F)(F)F)C=N2)cc1. The Morgan fingerprint density at radius 1 is 1.15 bits per heavy atom. The molecule has 1 saturated heterocycles. The molecule has 2 aliphatic rings. The number of carbonyl (C=O) groups excluding carboxylic acids is 1. The fraction of sp³-hybridized carbons (Fsp3) is 0.464. The number of aromatic nitrogens is 1. The molecule has 2 aromatic rings. The van der Waals surface area contributed by atoms with Crippen LogP contribution in [0.5, 0.6) is 0 Å². The molecular weight excluding hydrogens is 535 g/mol. The van der Waals surface area contributed by atoms with Gasteiger partial charge in [-0.15, -0.1) is 11.3 Å². The minimum Gasteiger partial charge on any atom is -0.368 e. The average Bonchev–Trinajstić information content (AvgIpc) is 3.28. The lowest BCUT2D eigenvalue weighted by atomic mass is 9.88. The molecule has 210 valence electrons. The number of rotatable bonds is 5. The average molecular weight is 567 g/mol. The van der Waals surface area contributed by atoms with Crippen LogP contribution in [-0.2, 0) is 0 Å². The molecule has 1 aromatic carbocycles. The highest BCUT2D eigenvalue weighted by atomic mass is 32.1. The number of carbonyl (C=O) groups is 1. The molecule has 0 spiro atoms. The third kappa shape index (κ3) is 7.12. The van der Waals surface area contributed by atoms with Gasteiger partial charge < -0.3 is 10.2 Å². The van der Waals surface area contributed by atoms with Crippen LogP contribution in [0.2, 0.25) is 0 Å². The van der Waals surface area contributed by atoms with Gasteiger partial charge >= 0.3 is 6.18 Å². The Labute approximate surface area is 228 Å². The molecule has 11 heteroatoms. The summed E-state index contributed by atoms with van der Waals surface area (Å²) in [6, 6.07) is 6.92. The smallest absolute Gasteiger partial charge is 0.368 e. The number of likely N-dealkylation sites (tertiary alicyclic amines) is 1. The van der Waals surface area contributed by atoms with Crippen molar-refractivity contribution >= 4 is 23.5 Å². The molecule has 39 heavy (non-hydrogen) atoms. The van der Waals surface area contributed by atoms with Gasteiger partial charge in [-0.3, -0.25) is 4.79 Å². The highest BCUT2D eigenvalue weighted by Gasteiger charge is 2.47. The Morgan fingerprint density at radius 3 is 2.54 bits per heavy atom. The van der Waals surface area contributed by atoms with Gasteiger partial charge in [0, 0.05) is 19.2 Å². The van der Waals surface area contributed by atoms with Gasteiger partial charge in [-0.25, -0.2) is 18.8 Å². The van der Waals surface area contributed by atoms with Crippen molar-refractivity contribution in [2.24, 2.45) is 10.9 Å². The van der Waals surface area contributed by atoms with E-state index in [9.17, 15) is 26.7 Å². The Morgan fingerprint density at radius 2 is 1.85 bits per heavy atom. The van der Waals surface area contributed by atoms with Crippen LogP contribution < -0.4 is 5.32 Å². The first kappa shape index (κ1) is 28.9. The maximum atomic E-state index is 14.7. The van der Waals surface area contributed by atoms with Crippen LogP contribution in [0.4, 0.5) is 22.0 Å². The summed E-state index contributed by atoms with van der Waals surface area (Å²) >= 11 is 1.32. The number of hydrogen-bond acceptors (Lipinski definition) is 5. The van der Waals surface area contributed by atoms with Crippen molar-refractivity contribution < 1.29 is 26.7 Å². The molecule has 1 N–H and O–H groups in total. The minimum atomic E-state index is -4.52. The van der Waals surface area contributed by atoms with Crippen LogP contribution >= 0.6 is 11.3 Å². The van der Waals surface area contributed by atoms with Crippen molar-refractivity contribution in [2.45, 2.75) is 64.6 Å². The number of aryl methyl sites for hydroxylation is 2. The lowest BCUT2D eigenvalue weighted by molar-refractivity contribution is -0.0913. The van der Waals surface area contributed by atoms with Crippen LogP contribution in [-0.4, -0.2) is 53.2 Å². The number of piperidine rings is 1.